The van der Waals surface area contributed by atoms with E-state index in [0.717, 1.165) is 11.1 Å². The molecule has 0 atom stereocenters. The SMILES string of the molecule is Cc1ccc(OCC(=O)NNC(=O)c2cncc(Br)c2)cc1C. The maximum atomic E-state index is 11.8. The maximum absolute atomic E-state index is 11.8. The monoisotopic (exact) mass is 377 g/mol. The Bertz CT molecular complexity index is 734. The number of hydrogen-bond donors (Lipinski definition) is 2. The van der Waals surface area contributed by atoms with Gasteiger partial charge in [0.05, 0.1) is 5.56 Å². The summed E-state index contributed by atoms with van der Waals surface area (Å²) in [5.41, 5.74) is 7.15. The molecule has 0 aliphatic rings. The van der Waals surface area contributed by atoms with Gasteiger partial charge in [0.1, 0.15) is 5.75 Å². The van der Waals surface area contributed by atoms with E-state index in [2.05, 4.69) is 31.8 Å². The fraction of sp³-hybridized carbons (Fsp3) is 0.188. The number of rotatable bonds is 4. The summed E-state index contributed by atoms with van der Waals surface area (Å²) in [6.45, 7) is 3.77. The van der Waals surface area contributed by atoms with E-state index >= 15 is 0 Å². The smallest absolute Gasteiger partial charge is 0.276 e. The van der Waals surface area contributed by atoms with Gasteiger partial charge in [0.2, 0.25) is 0 Å². The van der Waals surface area contributed by atoms with Crippen molar-refractivity contribution in [3.8, 4) is 5.75 Å². The average molecular weight is 378 g/mol. The van der Waals surface area contributed by atoms with Gasteiger partial charge in [-0.05, 0) is 59.1 Å². The minimum atomic E-state index is -0.460. The Hall–Kier alpha value is -2.41. The lowest BCUT2D eigenvalue weighted by Crippen LogP contribution is -2.43. The van der Waals surface area contributed by atoms with Gasteiger partial charge in [0.15, 0.2) is 6.61 Å². The van der Waals surface area contributed by atoms with E-state index in [1.54, 1.807) is 18.3 Å². The van der Waals surface area contributed by atoms with Crippen molar-refractivity contribution in [2.75, 3.05) is 6.61 Å². The molecule has 23 heavy (non-hydrogen) atoms. The topological polar surface area (TPSA) is 80.3 Å². The first-order valence-corrected chi connectivity index (χ1v) is 7.65. The van der Waals surface area contributed by atoms with Gasteiger partial charge in [-0.2, -0.15) is 0 Å². The lowest BCUT2D eigenvalue weighted by molar-refractivity contribution is -0.123. The molecule has 0 aliphatic carbocycles. The van der Waals surface area contributed by atoms with Gasteiger partial charge in [-0.25, -0.2) is 0 Å². The number of hydrogen-bond acceptors (Lipinski definition) is 4. The summed E-state index contributed by atoms with van der Waals surface area (Å²) in [5, 5.41) is 0. The van der Waals surface area contributed by atoms with Crippen LogP contribution in [-0.2, 0) is 4.79 Å². The molecule has 0 aliphatic heterocycles. The third-order valence-corrected chi connectivity index (χ3v) is 3.56. The molecule has 0 fully saturated rings. The Balaban J connectivity index is 1.81. The first-order valence-electron chi connectivity index (χ1n) is 6.85. The van der Waals surface area contributed by atoms with Crippen molar-refractivity contribution in [1.82, 2.24) is 15.8 Å². The van der Waals surface area contributed by atoms with Crippen LogP contribution in [0.5, 0.6) is 5.75 Å². The number of hydrazine groups is 1. The fourth-order valence-electron chi connectivity index (χ4n) is 1.72. The number of nitrogens with one attached hydrogen (secondary N) is 2. The lowest BCUT2D eigenvalue weighted by Gasteiger charge is -2.10. The number of benzene rings is 1. The third kappa shape index (κ3) is 5.07. The van der Waals surface area contributed by atoms with E-state index in [1.807, 2.05) is 26.0 Å². The molecule has 120 valence electrons. The molecule has 0 bridgehead atoms. The van der Waals surface area contributed by atoms with Crippen molar-refractivity contribution < 1.29 is 14.3 Å². The Labute approximate surface area is 142 Å². The van der Waals surface area contributed by atoms with Crippen molar-refractivity contribution in [3.63, 3.8) is 0 Å². The second-order valence-electron chi connectivity index (χ2n) is 4.93. The highest BCUT2D eigenvalue weighted by atomic mass is 79.9. The number of halogens is 1. The molecule has 1 heterocycles. The van der Waals surface area contributed by atoms with Gasteiger partial charge in [-0.1, -0.05) is 6.07 Å². The quantitative estimate of drug-likeness (QED) is 0.801. The fourth-order valence-corrected chi connectivity index (χ4v) is 2.09. The van der Waals surface area contributed by atoms with Crippen LogP contribution in [0.15, 0.2) is 41.1 Å². The average Bonchev–Trinajstić information content (AvgIpc) is 2.53. The molecule has 0 saturated carbocycles. The highest BCUT2D eigenvalue weighted by molar-refractivity contribution is 9.10. The predicted molar refractivity (Wildman–Crippen MR) is 89.0 cm³/mol. The molecule has 7 heteroatoms. The summed E-state index contributed by atoms with van der Waals surface area (Å²) in [6.07, 6.45) is 2.96. The molecule has 2 rings (SSSR count). The zero-order valence-electron chi connectivity index (χ0n) is 12.7. The summed E-state index contributed by atoms with van der Waals surface area (Å²) in [7, 11) is 0. The number of carbonyl (C=O) groups excluding carboxylic acids is 2. The molecule has 6 nitrogen and oxygen atoms in total. The van der Waals surface area contributed by atoms with E-state index in [9.17, 15) is 9.59 Å². The maximum Gasteiger partial charge on any atom is 0.276 e. The molecule has 1 aromatic heterocycles. The van der Waals surface area contributed by atoms with E-state index < -0.39 is 11.8 Å². The summed E-state index contributed by atoms with van der Waals surface area (Å²) in [4.78, 5) is 27.4. The number of pyridine rings is 1. The molecular formula is C16H16BrN3O3. The van der Waals surface area contributed by atoms with Crippen molar-refractivity contribution >= 4 is 27.7 Å². The molecule has 1 aromatic carbocycles. The van der Waals surface area contributed by atoms with Crippen molar-refractivity contribution in [1.29, 1.82) is 0 Å². The third-order valence-electron chi connectivity index (χ3n) is 3.13. The number of amides is 2. The molecule has 2 N–H and O–H groups in total. The number of ether oxygens (including phenoxy) is 1. The lowest BCUT2D eigenvalue weighted by atomic mass is 10.1. The van der Waals surface area contributed by atoms with Gasteiger partial charge in [-0.3, -0.25) is 25.4 Å². The van der Waals surface area contributed by atoms with Crippen LogP contribution < -0.4 is 15.6 Å². The second kappa shape index (κ2) is 7.73. The zero-order chi connectivity index (χ0) is 16.8. The van der Waals surface area contributed by atoms with Gasteiger partial charge >= 0.3 is 0 Å². The van der Waals surface area contributed by atoms with Crippen LogP contribution in [-0.4, -0.2) is 23.4 Å². The van der Waals surface area contributed by atoms with Gasteiger partial charge in [0.25, 0.3) is 11.8 Å². The molecule has 0 saturated heterocycles. The van der Waals surface area contributed by atoms with E-state index in [1.165, 1.54) is 6.20 Å². The van der Waals surface area contributed by atoms with Crippen LogP contribution in [0.1, 0.15) is 21.5 Å². The van der Waals surface area contributed by atoms with Crippen molar-refractivity contribution in [3.05, 3.63) is 57.8 Å². The van der Waals surface area contributed by atoms with Crippen LogP contribution in [0, 0.1) is 13.8 Å². The standard InChI is InChI=1S/C16H16BrN3O3/c1-10-3-4-14(5-11(10)2)23-9-15(21)19-20-16(22)12-6-13(17)8-18-7-12/h3-8H,9H2,1-2H3,(H,19,21)(H,20,22). The number of aromatic nitrogens is 1. The minimum Gasteiger partial charge on any atom is -0.484 e. The summed E-state index contributed by atoms with van der Waals surface area (Å²) >= 11 is 3.22. The Morgan fingerprint density at radius 2 is 1.91 bits per heavy atom. The molecule has 0 unspecified atom stereocenters. The number of aryl methyl sites for hydroxylation is 2. The molecular weight excluding hydrogens is 362 g/mol. The van der Waals surface area contributed by atoms with Gasteiger partial charge in [0, 0.05) is 16.9 Å². The van der Waals surface area contributed by atoms with E-state index in [4.69, 9.17) is 4.74 Å². The van der Waals surface area contributed by atoms with Crippen LogP contribution in [0.2, 0.25) is 0 Å². The summed E-state index contributed by atoms with van der Waals surface area (Å²) < 4.78 is 6.05. The molecule has 0 radical (unpaired) electrons. The first-order chi connectivity index (χ1) is 11.0. The molecule has 2 amide bonds. The molecule has 2 aromatic rings. The van der Waals surface area contributed by atoms with Gasteiger partial charge in [-0.15, -0.1) is 0 Å². The highest BCUT2D eigenvalue weighted by Gasteiger charge is 2.09. The van der Waals surface area contributed by atoms with Gasteiger partial charge < -0.3 is 4.74 Å². The van der Waals surface area contributed by atoms with Crippen LogP contribution in [0.25, 0.3) is 0 Å². The Kier molecular flexibility index (Phi) is 5.70. The largest absolute Gasteiger partial charge is 0.484 e. The van der Waals surface area contributed by atoms with Crippen LogP contribution in [0.3, 0.4) is 0 Å². The highest BCUT2D eigenvalue weighted by Crippen LogP contribution is 2.16. The van der Waals surface area contributed by atoms with Crippen LogP contribution >= 0.6 is 15.9 Å². The molecule has 0 spiro atoms. The first kappa shape index (κ1) is 17.0. The van der Waals surface area contributed by atoms with Crippen molar-refractivity contribution in [2.24, 2.45) is 0 Å². The van der Waals surface area contributed by atoms with Crippen LogP contribution in [0.4, 0.5) is 0 Å². The number of nitrogens with zero attached hydrogens (tertiary/aromatic N) is 1. The second-order valence-corrected chi connectivity index (χ2v) is 5.84. The van der Waals surface area contributed by atoms with E-state index in [0.29, 0.717) is 15.8 Å². The Morgan fingerprint density at radius 1 is 1.13 bits per heavy atom. The Morgan fingerprint density at radius 3 is 2.61 bits per heavy atom. The zero-order valence-corrected chi connectivity index (χ0v) is 14.3. The minimum absolute atomic E-state index is 0.195. The van der Waals surface area contributed by atoms with Crippen molar-refractivity contribution in [2.45, 2.75) is 13.8 Å². The number of carbonyl (C=O) groups is 2. The predicted octanol–water partition coefficient (Wildman–Crippen LogP) is 2.30. The summed E-state index contributed by atoms with van der Waals surface area (Å²) in [6, 6.07) is 7.17. The summed E-state index contributed by atoms with van der Waals surface area (Å²) in [5.74, 6) is -0.316. The van der Waals surface area contributed by atoms with E-state index in [-0.39, 0.29) is 6.61 Å². The normalized spacial score (nSPS) is 10.0.